The lowest BCUT2D eigenvalue weighted by molar-refractivity contribution is -0.143. The summed E-state index contributed by atoms with van der Waals surface area (Å²) >= 11 is 0. The molecule has 8 heteroatoms. The molecule has 2 aromatic rings. The van der Waals surface area contributed by atoms with Gasteiger partial charge in [-0.1, -0.05) is 81.1 Å². The molecule has 3 rings (SSSR count). The van der Waals surface area contributed by atoms with Crippen LogP contribution in [0.3, 0.4) is 0 Å². The molecule has 1 aliphatic carbocycles. The average Bonchev–Trinajstić information content (AvgIpc) is 2.92. The van der Waals surface area contributed by atoms with Gasteiger partial charge in [-0.2, -0.15) is 0 Å². The van der Waals surface area contributed by atoms with E-state index in [0.717, 1.165) is 44.1 Å². The van der Waals surface area contributed by atoms with Crippen LogP contribution in [-0.2, 0) is 20.7 Å². The molecule has 2 atom stereocenters. The molecule has 0 aromatic heterocycles. The first-order valence-corrected chi connectivity index (χ1v) is 14.9. The average molecular weight is 566 g/mol. The van der Waals surface area contributed by atoms with Crippen LogP contribution < -0.4 is 10.6 Å². The number of aryl methyl sites for hydroxylation is 1. The van der Waals surface area contributed by atoms with E-state index in [2.05, 4.69) is 10.6 Å². The third kappa shape index (κ3) is 9.51. The van der Waals surface area contributed by atoms with E-state index in [1.54, 1.807) is 45.9 Å². The van der Waals surface area contributed by atoms with E-state index in [1.807, 2.05) is 37.3 Å². The van der Waals surface area contributed by atoms with E-state index in [-0.39, 0.29) is 30.7 Å². The first-order valence-electron chi connectivity index (χ1n) is 14.9. The van der Waals surface area contributed by atoms with Gasteiger partial charge in [0.25, 0.3) is 0 Å². The van der Waals surface area contributed by atoms with E-state index in [4.69, 9.17) is 4.74 Å². The molecule has 0 heterocycles. The SMILES string of the molecule is CCCCN(C(=O)C(Cc1ccccc1)NC(=O)OC(C)(C)C)C(C(=O)NC1CCCCC1)c1cccc(C)c1O. The van der Waals surface area contributed by atoms with Crippen molar-refractivity contribution < 1.29 is 24.2 Å². The summed E-state index contributed by atoms with van der Waals surface area (Å²) in [5.74, 6) is -0.735. The number of amides is 3. The normalized spacial score (nSPS) is 15.4. The van der Waals surface area contributed by atoms with Crippen LogP contribution in [0.25, 0.3) is 0 Å². The summed E-state index contributed by atoms with van der Waals surface area (Å²) in [4.78, 5) is 42.9. The van der Waals surface area contributed by atoms with Gasteiger partial charge in [0.1, 0.15) is 23.4 Å². The van der Waals surface area contributed by atoms with Crippen LogP contribution >= 0.6 is 0 Å². The van der Waals surface area contributed by atoms with E-state index in [0.29, 0.717) is 17.5 Å². The molecule has 1 fully saturated rings. The third-order valence-electron chi connectivity index (χ3n) is 7.38. The second-order valence-corrected chi connectivity index (χ2v) is 12.0. The summed E-state index contributed by atoms with van der Waals surface area (Å²) < 4.78 is 5.50. The lowest BCUT2D eigenvalue weighted by Gasteiger charge is -2.36. The maximum atomic E-state index is 14.5. The highest BCUT2D eigenvalue weighted by Crippen LogP contribution is 2.33. The van der Waals surface area contributed by atoms with Crippen molar-refractivity contribution in [3.63, 3.8) is 0 Å². The number of nitrogens with zero attached hydrogens (tertiary/aromatic N) is 1. The van der Waals surface area contributed by atoms with Gasteiger partial charge in [-0.25, -0.2) is 4.79 Å². The molecule has 8 nitrogen and oxygen atoms in total. The Balaban J connectivity index is 2.04. The summed E-state index contributed by atoms with van der Waals surface area (Å²) in [5.41, 5.74) is 1.10. The summed E-state index contributed by atoms with van der Waals surface area (Å²) in [6.45, 7) is 9.37. The maximum Gasteiger partial charge on any atom is 0.408 e. The zero-order valence-electron chi connectivity index (χ0n) is 25.2. The molecule has 0 aliphatic heterocycles. The Bertz CT molecular complexity index is 1160. The molecular formula is C33H47N3O5. The fraction of sp³-hybridized carbons (Fsp3) is 0.545. The number of para-hydroxylation sites is 1. The van der Waals surface area contributed by atoms with Gasteiger partial charge in [0, 0.05) is 24.6 Å². The highest BCUT2D eigenvalue weighted by atomic mass is 16.6. The fourth-order valence-corrected chi connectivity index (χ4v) is 5.27. The summed E-state index contributed by atoms with van der Waals surface area (Å²) in [5, 5.41) is 17.1. The second-order valence-electron chi connectivity index (χ2n) is 12.0. The molecule has 0 spiro atoms. The Kier molecular flexibility index (Phi) is 11.6. The van der Waals surface area contributed by atoms with Crippen LogP contribution in [-0.4, -0.2) is 52.1 Å². The molecule has 2 unspecified atom stereocenters. The molecule has 1 saturated carbocycles. The van der Waals surface area contributed by atoms with Gasteiger partial charge < -0.3 is 25.4 Å². The van der Waals surface area contributed by atoms with Crippen LogP contribution in [0.5, 0.6) is 5.75 Å². The molecular weight excluding hydrogens is 518 g/mol. The van der Waals surface area contributed by atoms with Crippen molar-refractivity contribution >= 4 is 17.9 Å². The number of phenolic OH excluding ortho intramolecular Hbond substituents is 1. The second kappa shape index (κ2) is 14.9. The number of phenols is 1. The first kappa shape index (κ1) is 32.0. The predicted octanol–water partition coefficient (Wildman–Crippen LogP) is 5.96. The van der Waals surface area contributed by atoms with Crippen molar-refractivity contribution in [1.29, 1.82) is 0 Å². The Morgan fingerprint density at radius 3 is 2.34 bits per heavy atom. The van der Waals surface area contributed by atoms with Gasteiger partial charge in [-0.3, -0.25) is 9.59 Å². The molecule has 3 N–H and O–H groups in total. The van der Waals surface area contributed by atoms with Gasteiger partial charge in [0.2, 0.25) is 11.8 Å². The monoisotopic (exact) mass is 565 g/mol. The third-order valence-corrected chi connectivity index (χ3v) is 7.38. The number of rotatable bonds is 11. The number of hydrogen-bond acceptors (Lipinski definition) is 5. The van der Waals surface area contributed by atoms with Crippen molar-refractivity contribution in [2.45, 2.75) is 110 Å². The quantitative estimate of drug-likeness (QED) is 0.312. The smallest absolute Gasteiger partial charge is 0.408 e. The highest BCUT2D eigenvalue weighted by molar-refractivity contribution is 5.93. The number of benzene rings is 2. The first-order chi connectivity index (χ1) is 19.5. The minimum absolute atomic E-state index is 0.00898. The minimum Gasteiger partial charge on any atom is -0.507 e. The number of aromatic hydroxyl groups is 1. The molecule has 1 aliphatic rings. The predicted molar refractivity (Wildman–Crippen MR) is 161 cm³/mol. The summed E-state index contributed by atoms with van der Waals surface area (Å²) in [6, 6.07) is 12.7. The van der Waals surface area contributed by atoms with Crippen LogP contribution in [0.15, 0.2) is 48.5 Å². The largest absolute Gasteiger partial charge is 0.507 e. The molecule has 0 radical (unpaired) electrons. The Morgan fingerprint density at radius 1 is 1.02 bits per heavy atom. The standard InChI is InChI=1S/C33H47N3O5/c1-6-7-21-36(31(39)27(22-24-16-10-8-11-17-24)35-32(40)41-33(3,4)5)28(26-20-14-15-23(2)29(26)37)30(38)34-25-18-12-9-13-19-25/h8,10-11,14-17,20,25,27-28,37H,6-7,9,12-13,18-19,21-22H2,1-5H3,(H,34,38)(H,35,40). The molecule has 3 amide bonds. The van der Waals surface area contributed by atoms with Crippen molar-refractivity contribution in [3.8, 4) is 5.75 Å². The summed E-state index contributed by atoms with van der Waals surface area (Å²) in [6.07, 6.45) is 5.97. The van der Waals surface area contributed by atoms with E-state index in [1.165, 1.54) is 4.90 Å². The number of carbonyl (C=O) groups is 3. The lowest BCUT2D eigenvalue weighted by atomic mass is 9.94. The van der Waals surface area contributed by atoms with E-state index in [9.17, 15) is 19.5 Å². The van der Waals surface area contributed by atoms with E-state index >= 15 is 0 Å². The molecule has 224 valence electrons. The van der Waals surface area contributed by atoms with Crippen LogP contribution in [0.1, 0.15) is 95.4 Å². The molecule has 41 heavy (non-hydrogen) atoms. The van der Waals surface area contributed by atoms with Gasteiger partial charge in [-0.15, -0.1) is 0 Å². The minimum atomic E-state index is -1.06. The Hall–Kier alpha value is -3.55. The number of carbonyl (C=O) groups excluding carboxylic acids is 3. The van der Waals surface area contributed by atoms with Crippen molar-refractivity contribution in [3.05, 3.63) is 65.2 Å². The van der Waals surface area contributed by atoms with Crippen molar-refractivity contribution in [2.75, 3.05) is 6.54 Å². The van der Waals surface area contributed by atoms with Gasteiger partial charge in [-0.05, 0) is 58.1 Å². The van der Waals surface area contributed by atoms with Gasteiger partial charge >= 0.3 is 6.09 Å². The maximum absolute atomic E-state index is 14.5. The van der Waals surface area contributed by atoms with Crippen LogP contribution in [0, 0.1) is 6.92 Å². The Labute approximate surface area is 244 Å². The van der Waals surface area contributed by atoms with Crippen molar-refractivity contribution in [2.24, 2.45) is 0 Å². The molecule has 0 bridgehead atoms. The van der Waals surface area contributed by atoms with Crippen LogP contribution in [0.4, 0.5) is 4.79 Å². The molecule has 0 saturated heterocycles. The number of alkyl carbamates (subject to hydrolysis) is 1. The van der Waals surface area contributed by atoms with E-state index < -0.39 is 29.7 Å². The van der Waals surface area contributed by atoms with Crippen molar-refractivity contribution in [1.82, 2.24) is 15.5 Å². The van der Waals surface area contributed by atoms with Crippen LogP contribution in [0.2, 0.25) is 0 Å². The topological polar surface area (TPSA) is 108 Å². The number of nitrogens with one attached hydrogen (secondary N) is 2. The zero-order chi connectivity index (χ0) is 30.0. The Morgan fingerprint density at radius 2 is 1.71 bits per heavy atom. The fourth-order valence-electron chi connectivity index (χ4n) is 5.27. The number of unbranched alkanes of at least 4 members (excludes halogenated alkanes) is 1. The van der Waals surface area contributed by atoms with Gasteiger partial charge in [0.15, 0.2) is 0 Å². The number of hydrogen-bond donors (Lipinski definition) is 3. The zero-order valence-corrected chi connectivity index (χ0v) is 25.2. The highest BCUT2D eigenvalue weighted by Gasteiger charge is 2.38. The van der Waals surface area contributed by atoms with Gasteiger partial charge in [0.05, 0.1) is 0 Å². The summed E-state index contributed by atoms with van der Waals surface area (Å²) in [7, 11) is 0. The lowest BCUT2D eigenvalue weighted by Crippen LogP contribution is -2.54. The number of ether oxygens (including phenoxy) is 1. The molecule has 2 aromatic carbocycles.